The average Bonchev–Trinajstić information content (AvgIpc) is 2.67. The van der Waals surface area contributed by atoms with Crippen LogP contribution in [0.2, 0.25) is 0 Å². The summed E-state index contributed by atoms with van der Waals surface area (Å²) in [5.41, 5.74) is 6.57. The molecular formula is C19H23N5O2. The minimum absolute atomic E-state index is 0.218. The fourth-order valence-electron chi connectivity index (χ4n) is 2.50. The molecule has 0 spiro atoms. The summed E-state index contributed by atoms with van der Waals surface area (Å²) >= 11 is 0. The Hall–Kier alpha value is -3.09. The molecule has 0 radical (unpaired) electrons. The van der Waals surface area contributed by atoms with Crippen LogP contribution >= 0.6 is 0 Å². The van der Waals surface area contributed by atoms with Gasteiger partial charge in [0.2, 0.25) is 5.95 Å². The third kappa shape index (κ3) is 4.50. The van der Waals surface area contributed by atoms with Gasteiger partial charge in [0.05, 0.1) is 11.7 Å². The summed E-state index contributed by atoms with van der Waals surface area (Å²) in [7, 11) is 0. The zero-order valence-corrected chi connectivity index (χ0v) is 14.8. The van der Waals surface area contributed by atoms with Crippen molar-refractivity contribution in [3.63, 3.8) is 0 Å². The Morgan fingerprint density at radius 2 is 1.85 bits per heavy atom. The molecule has 7 nitrogen and oxygen atoms in total. The molecule has 2 heterocycles. The van der Waals surface area contributed by atoms with Gasteiger partial charge in [0.15, 0.2) is 11.6 Å². The Morgan fingerprint density at radius 1 is 1.04 bits per heavy atom. The second kappa shape index (κ2) is 8.84. The minimum atomic E-state index is 0.218. The summed E-state index contributed by atoms with van der Waals surface area (Å²) in [6, 6.07) is 9.72. The Morgan fingerprint density at radius 3 is 2.69 bits per heavy atom. The third-order valence-electron chi connectivity index (χ3n) is 3.80. The number of nitrogens with zero attached hydrogens (tertiary/aromatic N) is 3. The van der Waals surface area contributed by atoms with Crippen LogP contribution in [0.15, 0.2) is 42.7 Å². The minimum Gasteiger partial charge on any atom is -0.489 e. The topological polar surface area (TPSA) is 95.2 Å². The number of ether oxygens (including phenoxy) is 2. The van der Waals surface area contributed by atoms with Crippen molar-refractivity contribution in [1.82, 2.24) is 15.0 Å². The fraction of sp³-hybridized carbons (Fsp3) is 0.316. The number of pyridine rings is 1. The molecule has 3 rings (SSSR count). The Kier molecular flexibility index (Phi) is 6.03. The number of nitrogen functional groups attached to an aromatic ring is 1. The van der Waals surface area contributed by atoms with Crippen molar-refractivity contribution in [2.45, 2.75) is 19.8 Å². The van der Waals surface area contributed by atoms with Crippen molar-refractivity contribution in [1.29, 1.82) is 0 Å². The van der Waals surface area contributed by atoms with E-state index in [0.29, 0.717) is 24.8 Å². The van der Waals surface area contributed by atoms with Crippen molar-refractivity contribution < 1.29 is 9.47 Å². The van der Waals surface area contributed by atoms with Gasteiger partial charge in [0, 0.05) is 18.1 Å². The maximum Gasteiger partial charge on any atom is 0.222 e. The molecule has 7 heteroatoms. The average molecular weight is 353 g/mol. The lowest BCUT2D eigenvalue weighted by Crippen LogP contribution is -2.13. The number of hydrogen-bond donors (Lipinski definition) is 2. The number of anilines is 2. The van der Waals surface area contributed by atoms with Crippen LogP contribution in [-0.2, 0) is 0 Å². The highest BCUT2D eigenvalue weighted by atomic mass is 16.5. The smallest absolute Gasteiger partial charge is 0.222 e. The van der Waals surface area contributed by atoms with Crippen molar-refractivity contribution >= 4 is 22.7 Å². The number of nitrogens with one attached hydrogen (secondary N) is 1. The molecule has 26 heavy (non-hydrogen) atoms. The summed E-state index contributed by atoms with van der Waals surface area (Å²) in [5.74, 6) is 2.18. The molecule has 0 saturated carbocycles. The van der Waals surface area contributed by atoms with Gasteiger partial charge >= 0.3 is 0 Å². The van der Waals surface area contributed by atoms with Crippen LogP contribution in [0.3, 0.4) is 0 Å². The lowest BCUT2D eigenvalue weighted by atomic mass is 10.2. The predicted molar refractivity (Wildman–Crippen MR) is 103 cm³/mol. The monoisotopic (exact) mass is 353 g/mol. The molecule has 0 bridgehead atoms. The molecule has 0 atom stereocenters. The number of para-hydroxylation sites is 1. The summed E-state index contributed by atoms with van der Waals surface area (Å²) < 4.78 is 11.6. The van der Waals surface area contributed by atoms with Crippen molar-refractivity contribution in [2.75, 3.05) is 30.8 Å². The van der Waals surface area contributed by atoms with E-state index in [9.17, 15) is 0 Å². The molecule has 3 N–H and O–H groups in total. The first-order valence-corrected chi connectivity index (χ1v) is 8.73. The summed E-state index contributed by atoms with van der Waals surface area (Å²) in [6.07, 6.45) is 5.46. The number of unbranched alkanes of at least 4 members (excludes halogenated alkanes) is 1. The highest BCUT2D eigenvalue weighted by Gasteiger charge is 2.08. The Balaban J connectivity index is 1.58. The predicted octanol–water partition coefficient (Wildman–Crippen LogP) is 3.28. The van der Waals surface area contributed by atoms with Crippen molar-refractivity contribution in [3.05, 3.63) is 42.7 Å². The van der Waals surface area contributed by atoms with E-state index in [2.05, 4.69) is 27.2 Å². The molecule has 0 saturated heterocycles. The zero-order valence-electron chi connectivity index (χ0n) is 14.8. The van der Waals surface area contributed by atoms with Crippen LogP contribution in [0.5, 0.6) is 11.5 Å². The summed E-state index contributed by atoms with van der Waals surface area (Å²) in [5, 5.41) is 4.21. The number of benzene rings is 1. The third-order valence-corrected chi connectivity index (χ3v) is 3.80. The van der Waals surface area contributed by atoms with Crippen molar-refractivity contribution in [3.8, 4) is 11.5 Å². The molecule has 0 amide bonds. The number of fused-ring (bicyclic) bond motifs is 1. The zero-order chi connectivity index (χ0) is 18.2. The van der Waals surface area contributed by atoms with E-state index in [1.165, 1.54) is 0 Å². The molecule has 0 fully saturated rings. The van der Waals surface area contributed by atoms with Crippen LogP contribution < -0.4 is 20.5 Å². The molecule has 2 aromatic heterocycles. The summed E-state index contributed by atoms with van der Waals surface area (Å²) in [4.78, 5) is 12.5. The number of rotatable bonds is 9. The molecule has 0 aliphatic heterocycles. The molecule has 0 aliphatic carbocycles. The highest BCUT2D eigenvalue weighted by molar-refractivity contribution is 5.84. The first-order valence-electron chi connectivity index (χ1n) is 8.73. The van der Waals surface area contributed by atoms with Gasteiger partial charge in [0.1, 0.15) is 19.0 Å². The van der Waals surface area contributed by atoms with Crippen LogP contribution in [0, 0.1) is 0 Å². The molecule has 0 unspecified atom stereocenters. The van der Waals surface area contributed by atoms with E-state index < -0.39 is 0 Å². The van der Waals surface area contributed by atoms with Crippen LogP contribution in [0.4, 0.5) is 11.8 Å². The van der Waals surface area contributed by atoms with E-state index in [-0.39, 0.29) is 5.95 Å². The second-order valence-corrected chi connectivity index (χ2v) is 5.74. The molecule has 136 valence electrons. The van der Waals surface area contributed by atoms with Gasteiger partial charge in [-0.05, 0) is 24.6 Å². The van der Waals surface area contributed by atoms with Crippen LogP contribution in [-0.4, -0.2) is 34.7 Å². The van der Waals surface area contributed by atoms with E-state index >= 15 is 0 Å². The van der Waals surface area contributed by atoms with Gasteiger partial charge in [-0.25, -0.2) is 4.98 Å². The fourth-order valence-corrected chi connectivity index (χ4v) is 2.50. The molecular weight excluding hydrogens is 330 g/mol. The van der Waals surface area contributed by atoms with Gasteiger partial charge in [-0.3, -0.25) is 4.98 Å². The van der Waals surface area contributed by atoms with Gasteiger partial charge in [-0.2, -0.15) is 4.98 Å². The Labute approximate surface area is 152 Å². The normalized spacial score (nSPS) is 10.7. The maximum atomic E-state index is 5.85. The second-order valence-electron chi connectivity index (χ2n) is 5.74. The first kappa shape index (κ1) is 17.7. The Bertz CT molecular complexity index is 851. The standard InChI is InChI=1S/C19H23N5O2/c1-2-3-9-22-18-17(13-23-19(20)24-18)26-12-11-25-16-8-10-21-15-7-5-4-6-14(15)16/h4-8,10,13H,2-3,9,11-12H2,1H3,(H3,20,22,23,24). The van der Waals surface area contributed by atoms with Gasteiger partial charge in [-0.1, -0.05) is 25.5 Å². The number of hydrogen-bond acceptors (Lipinski definition) is 7. The van der Waals surface area contributed by atoms with Crippen molar-refractivity contribution in [2.24, 2.45) is 0 Å². The largest absolute Gasteiger partial charge is 0.489 e. The van der Waals surface area contributed by atoms with E-state index in [0.717, 1.165) is 36.0 Å². The van der Waals surface area contributed by atoms with Gasteiger partial charge in [-0.15, -0.1) is 0 Å². The van der Waals surface area contributed by atoms with Crippen LogP contribution in [0.1, 0.15) is 19.8 Å². The van der Waals surface area contributed by atoms with Crippen LogP contribution in [0.25, 0.3) is 10.9 Å². The number of nitrogens with two attached hydrogens (primary N) is 1. The number of aromatic nitrogens is 3. The molecule has 0 aliphatic rings. The molecule has 1 aromatic carbocycles. The maximum absolute atomic E-state index is 5.85. The van der Waals surface area contributed by atoms with Gasteiger partial charge < -0.3 is 20.5 Å². The SMILES string of the molecule is CCCCNc1nc(N)ncc1OCCOc1ccnc2ccccc12. The van der Waals surface area contributed by atoms with E-state index in [1.807, 2.05) is 30.3 Å². The lowest BCUT2D eigenvalue weighted by Gasteiger charge is -2.13. The summed E-state index contributed by atoms with van der Waals surface area (Å²) in [6.45, 7) is 3.70. The quantitative estimate of drug-likeness (QED) is 0.570. The van der Waals surface area contributed by atoms with E-state index in [1.54, 1.807) is 12.4 Å². The highest BCUT2D eigenvalue weighted by Crippen LogP contribution is 2.24. The first-order chi connectivity index (χ1) is 12.8. The van der Waals surface area contributed by atoms with E-state index in [4.69, 9.17) is 15.2 Å². The molecule has 3 aromatic rings. The van der Waals surface area contributed by atoms with Gasteiger partial charge in [0.25, 0.3) is 0 Å². The lowest BCUT2D eigenvalue weighted by molar-refractivity contribution is 0.218.